The number of hydrogen-bond donors (Lipinski definition) is 0. The summed E-state index contributed by atoms with van der Waals surface area (Å²) in [5.41, 5.74) is 2.97. The topological polar surface area (TPSA) is 75.0 Å². The number of fused-ring (bicyclic) bond motifs is 2. The summed E-state index contributed by atoms with van der Waals surface area (Å²) in [6.45, 7) is 1.65. The van der Waals surface area contributed by atoms with Crippen molar-refractivity contribution in [2.75, 3.05) is 24.5 Å². The molecule has 0 spiro atoms. The smallest absolute Gasteiger partial charge is 0.251 e. The highest BCUT2D eigenvalue weighted by Gasteiger charge is 2.29. The van der Waals surface area contributed by atoms with Crippen molar-refractivity contribution >= 4 is 44.9 Å². The first-order valence-corrected chi connectivity index (χ1v) is 12.5. The van der Waals surface area contributed by atoms with E-state index in [9.17, 15) is 13.2 Å². The molecule has 7 nitrogen and oxygen atoms in total. The summed E-state index contributed by atoms with van der Waals surface area (Å²) in [6.07, 6.45) is 8.47. The lowest BCUT2D eigenvalue weighted by atomic mass is 10.2. The van der Waals surface area contributed by atoms with Crippen LogP contribution in [-0.2, 0) is 21.2 Å². The average Bonchev–Trinajstić information content (AvgIpc) is 3.38. The Morgan fingerprint density at radius 3 is 2.69 bits per heavy atom. The van der Waals surface area contributed by atoms with E-state index in [4.69, 9.17) is 11.6 Å². The molecule has 1 fully saturated rings. The van der Waals surface area contributed by atoms with Gasteiger partial charge in [-0.2, -0.15) is 4.31 Å². The van der Waals surface area contributed by atoms with Gasteiger partial charge in [-0.15, -0.1) is 0 Å². The predicted molar refractivity (Wildman–Crippen MR) is 124 cm³/mol. The second-order valence-corrected chi connectivity index (χ2v) is 10.3. The molecule has 2 aromatic heterocycles. The van der Waals surface area contributed by atoms with Crippen molar-refractivity contribution in [1.29, 1.82) is 0 Å². The van der Waals surface area contributed by atoms with E-state index in [1.807, 2.05) is 28.8 Å². The van der Waals surface area contributed by atoms with Crippen LogP contribution in [0.1, 0.15) is 30.5 Å². The van der Waals surface area contributed by atoms with Gasteiger partial charge in [-0.1, -0.05) is 24.1 Å². The van der Waals surface area contributed by atoms with Crippen LogP contribution in [0.25, 0.3) is 11.7 Å². The Hall–Kier alpha value is -2.68. The van der Waals surface area contributed by atoms with Gasteiger partial charge in [0.05, 0.1) is 10.6 Å². The maximum Gasteiger partial charge on any atom is 0.251 e. The van der Waals surface area contributed by atoms with Gasteiger partial charge >= 0.3 is 0 Å². The molecule has 0 aliphatic carbocycles. The van der Waals surface area contributed by atoms with Gasteiger partial charge in [0.15, 0.2) is 5.15 Å². The van der Waals surface area contributed by atoms with E-state index < -0.39 is 10.0 Å². The summed E-state index contributed by atoms with van der Waals surface area (Å²) in [5.74, 6) is -0.183. The predicted octanol–water partition coefficient (Wildman–Crippen LogP) is 3.76. The highest BCUT2D eigenvalue weighted by Crippen LogP contribution is 2.32. The fourth-order valence-corrected chi connectivity index (χ4v) is 6.21. The number of anilines is 1. The Morgan fingerprint density at radius 2 is 1.88 bits per heavy atom. The van der Waals surface area contributed by atoms with Crippen molar-refractivity contribution < 1.29 is 13.2 Å². The van der Waals surface area contributed by atoms with Crippen molar-refractivity contribution in [3.05, 3.63) is 65.1 Å². The minimum atomic E-state index is -3.50. The van der Waals surface area contributed by atoms with Crippen molar-refractivity contribution in [2.24, 2.45) is 0 Å². The maximum absolute atomic E-state index is 13.0. The fraction of sp³-hybridized carbons (Fsp3) is 0.304. The van der Waals surface area contributed by atoms with Gasteiger partial charge in [0.2, 0.25) is 10.0 Å². The summed E-state index contributed by atoms with van der Waals surface area (Å²) in [5, 5.41) is 0.328. The Morgan fingerprint density at radius 1 is 1.06 bits per heavy atom. The number of aromatic nitrogens is 2. The molecule has 0 atom stereocenters. The van der Waals surface area contributed by atoms with Gasteiger partial charge in [-0.05, 0) is 61.2 Å². The minimum absolute atomic E-state index is 0.183. The molecule has 1 aromatic carbocycles. The first kappa shape index (κ1) is 21.2. The summed E-state index contributed by atoms with van der Waals surface area (Å²) in [4.78, 5) is 19.2. The van der Waals surface area contributed by atoms with Crippen LogP contribution in [0.5, 0.6) is 0 Å². The molecule has 3 aromatic rings. The zero-order chi connectivity index (χ0) is 22.3. The molecule has 1 saturated heterocycles. The number of pyridine rings is 1. The van der Waals surface area contributed by atoms with Crippen molar-refractivity contribution in [3.8, 4) is 0 Å². The summed E-state index contributed by atoms with van der Waals surface area (Å²) in [7, 11) is -3.50. The number of hydrogen-bond acceptors (Lipinski definition) is 4. The Labute approximate surface area is 192 Å². The highest BCUT2D eigenvalue weighted by atomic mass is 35.5. The second-order valence-electron chi connectivity index (χ2n) is 8.05. The van der Waals surface area contributed by atoms with Crippen LogP contribution in [0.4, 0.5) is 5.69 Å². The molecule has 1 amide bonds. The Balaban J connectivity index is 1.38. The molecule has 32 heavy (non-hydrogen) atoms. The first-order valence-electron chi connectivity index (χ1n) is 10.7. The standard InChI is InChI=1S/C23H23ClN4O3S/c24-23-20(27-14-5-2-6-21(27)25-23)9-10-22(29)28-15-11-17-16-18(7-8-19(17)28)32(30,31)26-12-3-1-4-13-26/h2,5-10,14,16H,1,3-4,11-13,15H2/b10-9+. The van der Waals surface area contributed by atoms with Crippen LogP contribution in [0.15, 0.2) is 53.6 Å². The molecular formula is C23H23ClN4O3S. The van der Waals surface area contributed by atoms with Crippen molar-refractivity contribution in [1.82, 2.24) is 13.7 Å². The monoisotopic (exact) mass is 470 g/mol. The minimum Gasteiger partial charge on any atom is -0.308 e. The largest absolute Gasteiger partial charge is 0.308 e. The molecule has 0 unspecified atom stereocenters. The van der Waals surface area contributed by atoms with Gasteiger partial charge < -0.3 is 4.90 Å². The molecule has 5 rings (SSSR count). The van der Waals surface area contributed by atoms with Crippen molar-refractivity contribution in [2.45, 2.75) is 30.6 Å². The first-order chi connectivity index (χ1) is 15.4. The van der Waals surface area contributed by atoms with E-state index >= 15 is 0 Å². The number of imidazole rings is 1. The number of rotatable bonds is 4. The van der Waals surface area contributed by atoms with E-state index in [0.29, 0.717) is 47.4 Å². The lowest BCUT2D eigenvalue weighted by Crippen LogP contribution is -2.35. The van der Waals surface area contributed by atoms with Gasteiger partial charge in [0.1, 0.15) is 5.65 Å². The molecular weight excluding hydrogens is 448 g/mol. The van der Waals surface area contributed by atoms with E-state index in [0.717, 1.165) is 30.5 Å². The molecule has 166 valence electrons. The second kappa shape index (κ2) is 8.35. The Kier molecular flexibility index (Phi) is 5.53. The summed E-state index contributed by atoms with van der Waals surface area (Å²) >= 11 is 6.25. The number of amides is 1. The molecule has 4 heterocycles. The zero-order valence-electron chi connectivity index (χ0n) is 17.4. The lowest BCUT2D eigenvalue weighted by Gasteiger charge is -2.26. The van der Waals surface area contributed by atoms with Crippen LogP contribution in [0.3, 0.4) is 0 Å². The third-order valence-corrected chi connectivity index (χ3v) is 8.24. The van der Waals surface area contributed by atoms with Gasteiger partial charge in [0.25, 0.3) is 5.91 Å². The van der Waals surface area contributed by atoms with Crippen LogP contribution in [0, 0.1) is 0 Å². The van der Waals surface area contributed by atoms with Gasteiger partial charge in [0, 0.05) is 37.6 Å². The van der Waals surface area contributed by atoms with E-state index in [1.54, 1.807) is 33.5 Å². The number of sulfonamides is 1. The normalized spacial score (nSPS) is 17.3. The SMILES string of the molecule is O=C(/C=C/c1c(Cl)nc2ccccn12)N1CCc2cc(S(=O)(=O)N3CCCCC3)ccc21. The number of nitrogens with zero attached hydrogens (tertiary/aromatic N) is 4. The number of benzene rings is 1. The van der Waals surface area contributed by atoms with E-state index in [1.165, 1.54) is 6.08 Å². The molecule has 2 aliphatic heterocycles. The van der Waals surface area contributed by atoms with Crippen LogP contribution in [-0.4, -0.2) is 47.6 Å². The quantitative estimate of drug-likeness (QED) is 0.544. The third kappa shape index (κ3) is 3.72. The number of halogens is 1. The lowest BCUT2D eigenvalue weighted by molar-refractivity contribution is -0.114. The number of carbonyl (C=O) groups excluding carboxylic acids is 1. The molecule has 0 radical (unpaired) electrons. The molecule has 0 bridgehead atoms. The van der Waals surface area contributed by atoms with Crippen LogP contribution in [0.2, 0.25) is 5.15 Å². The highest BCUT2D eigenvalue weighted by molar-refractivity contribution is 7.89. The fourth-order valence-electron chi connectivity index (χ4n) is 4.40. The third-order valence-electron chi connectivity index (χ3n) is 6.07. The van der Waals surface area contributed by atoms with Gasteiger partial charge in [-0.3, -0.25) is 9.20 Å². The average molecular weight is 471 g/mol. The van der Waals surface area contributed by atoms with E-state index in [2.05, 4.69) is 4.98 Å². The van der Waals surface area contributed by atoms with E-state index in [-0.39, 0.29) is 5.91 Å². The molecule has 9 heteroatoms. The Bertz CT molecular complexity index is 1330. The summed E-state index contributed by atoms with van der Waals surface area (Å²) < 4.78 is 29.4. The number of carbonyl (C=O) groups is 1. The van der Waals surface area contributed by atoms with Gasteiger partial charge in [-0.25, -0.2) is 13.4 Å². The molecule has 0 saturated carbocycles. The summed E-state index contributed by atoms with van der Waals surface area (Å²) in [6, 6.07) is 10.7. The zero-order valence-corrected chi connectivity index (χ0v) is 19.0. The molecule has 2 aliphatic rings. The number of piperidine rings is 1. The van der Waals surface area contributed by atoms with Crippen molar-refractivity contribution in [3.63, 3.8) is 0 Å². The van der Waals surface area contributed by atoms with Crippen LogP contribution < -0.4 is 4.90 Å². The molecule has 0 N–H and O–H groups in total. The maximum atomic E-state index is 13.0. The van der Waals surface area contributed by atoms with Crippen LogP contribution >= 0.6 is 11.6 Å².